The summed E-state index contributed by atoms with van der Waals surface area (Å²) in [6, 6.07) is 17.7. The number of hydrogen-bond donors (Lipinski definition) is 1. The van der Waals surface area contributed by atoms with Gasteiger partial charge < -0.3 is 5.32 Å². The number of hydrogen-bond acceptors (Lipinski definition) is 3. The van der Waals surface area contributed by atoms with Crippen LogP contribution in [0.15, 0.2) is 54.6 Å². The Labute approximate surface area is 126 Å². The van der Waals surface area contributed by atoms with E-state index in [9.17, 15) is 8.42 Å². The molecule has 1 atom stereocenters. The zero-order chi connectivity index (χ0) is 15.3. The molecule has 2 rings (SSSR count). The van der Waals surface area contributed by atoms with Crippen molar-refractivity contribution < 1.29 is 8.42 Å². The maximum Gasteiger partial charge on any atom is 0.149 e. The number of rotatable bonds is 6. The molecule has 1 unspecified atom stereocenters. The summed E-state index contributed by atoms with van der Waals surface area (Å²) in [7, 11) is -3.05. The van der Waals surface area contributed by atoms with Crippen LogP contribution in [-0.2, 0) is 16.4 Å². The monoisotopic (exact) mass is 303 g/mol. The van der Waals surface area contributed by atoms with E-state index in [-0.39, 0.29) is 11.8 Å². The van der Waals surface area contributed by atoms with Gasteiger partial charge in [0.15, 0.2) is 0 Å². The van der Waals surface area contributed by atoms with Crippen LogP contribution in [0, 0.1) is 6.92 Å². The molecule has 0 aromatic heterocycles. The summed E-state index contributed by atoms with van der Waals surface area (Å²) in [4.78, 5) is 0. The van der Waals surface area contributed by atoms with Crippen molar-refractivity contribution >= 4 is 9.84 Å². The van der Waals surface area contributed by atoms with Crippen LogP contribution < -0.4 is 5.32 Å². The Morgan fingerprint density at radius 2 is 1.76 bits per heavy atom. The summed E-state index contributed by atoms with van der Waals surface area (Å²) in [5.74, 6) is 0.100. The van der Waals surface area contributed by atoms with Gasteiger partial charge in [0.2, 0.25) is 0 Å². The van der Waals surface area contributed by atoms with Crippen LogP contribution in [0.25, 0.3) is 0 Å². The van der Waals surface area contributed by atoms with Gasteiger partial charge in [-0.2, -0.15) is 0 Å². The molecule has 0 bridgehead atoms. The average Bonchev–Trinajstić information content (AvgIpc) is 2.43. The Morgan fingerprint density at radius 1 is 1.05 bits per heavy atom. The fraction of sp³-hybridized carbons (Fsp3) is 0.294. The molecule has 4 heteroatoms. The Balaban J connectivity index is 2.13. The largest absolute Gasteiger partial charge is 0.305 e. The molecule has 2 aromatic carbocycles. The molecule has 0 saturated carbocycles. The van der Waals surface area contributed by atoms with Crippen molar-refractivity contribution in [1.29, 1.82) is 0 Å². The minimum absolute atomic E-state index is 0.100. The fourth-order valence-corrected chi connectivity index (χ4v) is 3.24. The van der Waals surface area contributed by atoms with Gasteiger partial charge >= 0.3 is 0 Å². The van der Waals surface area contributed by atoms with Crippen LogP contribution in [0.1, 0.15) is 22.7 Å². The van der Waals surface area contributed by atoms with Gasteiger partial charge in [-0.25, -0.2) is 8.42 Å². The minimum Gasteiger partial charge on any atom is -0.305 e. The Hall–Kier alpha value is -1.65. The van der Waals surface area contributed by atoms with E-state index in [1.165, 1.54) is 11.8 Å². The van der Waals surface area contributed by atoms with E-state index in [1.807, 2.05) is 42.5 Å². The molecule has 112 valence electrons. The van der Waals surface area contributed by atoms with Gasteiger partial charge in [0.25, 0.3) is 0 Å². The summed E-state index contributed by atoms with van der Waals surface area (Å²) in [5, 5.41) is 3.36. The molecule has 0 heterocycles. The molecule has 21 heavy (non-hydrogen) atoms. The van der Waals surface area contributed by atoms with E-state index in [4.69, 9.17) is 0 Å². The third-order valence-corrected chi connectivity index (χ3v) is 4.25. The first kappa shape index (κ1) is 15.7. The predicted molar refractivity (Wildman–Crippen MR) is 86.9 cm³/mol. The highest BCUT2D eigenvalue weighted by molar-refractivity contribution is 7.90. The van der Waals surface area contributed by atoms with E-state index in [0.29, 0.717) is 6.54 Å². The molecule has 0 aliphatic carbocycles. The second-order valence-corrected chi connectivity index (χ2v) is 7.61. The van der Waals surface area contributed by atoms with Crippen LogP contribution >= 0.6 is 0 Å². The van der Waals surface area contributed by atoms with Crippen molar-refractivity contribution in [3.63, 3.8) is 0 Å². The van der Waals surface area contributed by atoms with Gasteiger partial charge in [-0.05, 0) is 18.1 Å². The predicted octanol–water partition coefficient (Wildman–Crippen LogP) is 2.87. The summed E-state index contributed by atoms with van der Waals surface area (Å²) in [6.07, 6.45) is 1.28. The van der Waals surface area contributed by atoms with E-state index in [1.54, 1.807) is 0 Å². The van der Waals surface area contributed by atoms with E-state index in [2.05, 4.69) is 24.4 Å². The topological polar surface area (TPSA) is 46.2 Å². The molecule has 0 aliphatic rings. The number of sulfone groups is 1. The summed E-state index contributed by atoms with van der Waals surface area (Å²) in [6.45, 7) is 2.70. The average molecular weight is 303 g/mol. The Morgan fingerprint density at radius 3 is 2.38 bits per heavy atom. The minimum atomic E-state index is -3.05. The third-order valence-electron chi connectivity index (χ3n) is 3.31. The summed E-state index contributed by atoms with van der Waals surface area (Å²) < 4.78 is 23.3. The highest BCUT2D eigenvalue weighted by Gasteiger charge is 2.16. The van der Waals surface area contributed by atoms with Gasteiger partial charge in [0, 0.05) is 18.8 Å². The van der Waals surface area contributed by atoms with Gasteiger partial charge in [-0.15, -0.1) is 0 Å². The molecule has 0 aliphatic heterocycles. The Bertz CT molecular complexity index is 681. The van der Waals surface area contributed by atoms with E-state index in [0.717, 1.165) is 11.1 Å². The van der Waals surface area contributed by atoms with Crippen molar-refractivity contribution in [3.05, 3.63) is 71.3 Å². The molecule has 0 fully saturated rings. The third kappa shape index (κ3) is 5.33. The molecular weight excluding hydrogens is 282 g/mol. The number of aryl methyl sites for hydroxylation is 1. The highest BCUT2D eigenvalue weighted by Crippen LogP contribution is 2.16. The standard InChI is InChI=1S/C17H21NO2S/c1-14-7-6-8-15(11-14)12-18-17(13-21(2,19)20)16-9-4-3-5-10-16/h3-11,17-18H,12-13H2,1-2H3. The maximum atomic E-state index is 11.6. The molecule has 0 saturated heterocycles. The molecule has 0 amide bonds. The SMILES string of the molecule is Cc1cccc(CNC(CS(C)(=O)=O)c2ccccc2)c1. The first-order chi connectivity index (χ1) is 9.94. The molecule has 2 aromatic rings. The lowest BCUT2D eigenvalue weighted by Gasteiger charge is -2.18. The molecule has 0 radical (unpaired) electrons. The summed E-state index contributed by atoms with van der Waals surface area (Å²) in [5.41, 5.74) is 3.36. The van der Waals surface area contributed by atoms with E-state index >= 15 is 0 Å². The van der Waals surface area contributed by atoms with Crippen LogP contribution in [0.3, 0.4) is 0 Å². The van der Waals surface area contributed by atoms with Crippen LogP contribution in [0.2, 0.25) is 0 Å². The number of benzene rings is 2. The first-order valence-electron chi connectivity index (χ1n) is 6.96. The highest BCUT2D eigenvalue weighted by atomic mass is 32.2. The smallest absolute Gasteiger partial charge is 0.149 e. The van der Waals surface area contributed by atoms with Gasteiger partial charge in [-0.3, -0.25) is 0 Å². The first-order valence-corrected chi connectivity index (χ1v) is 9.02. The van der Waals surface area contributed by atoms with Crippen molar-refractivity contribution in [3.8, 4) is 0 Å². The second kappa shape index (κ2) is 6.87. The second-order valence-electron chi connectivity index (χ2n) is 5.43. The quantitative estimate of drug-likeness (QED) is 0.892. The van der Waals surface area contributed by atoms with Crippen LogP contribution in [0.4, 0.5) is 0 Å². The molecule has 1 N–H and O–H groups in total. The van der Waals surface area contributed by atoms with Gasteiger partial charge in [0.1, 0.15) is 9.84 Å². The van der Waals surface area contributed by atoms with Gasteiger partial charge in [-0.1, -0.05) is 60.2 Å². The summed E-state index contributed by atoms with van der Waals surface area (Å²) >= 11 is 0. The lowest BCUT2D eigenvalue weighted by atomic mass is 10.1. The molecule has 0 spiro atoms. The lowest BCUT2D eigenvalue weighted by Crippen LogP contribution is -2.27. The molecule has 3 nitrogen and oxygen atoms in total. The normalized spacial score (nSPS) is 13.0. The van der Waals surface area contributed by atoms with Crippen molar-refractivity contribution in [2.75, 3.05) is 12.0 Å². The number of nitrogens with one attached hydrogen (secondary N) is 1. The van der Waals surface area contributed by atoms with Crippen LogP contribution in [-0.4, -0.2) is 20.4 Å². The maximum absolute atomic E-state index is 11.6. The fourth-order valence-electron chi connectivity index (χ4n) is 2.32. The molecular formula is C17H21NO2S. The zero-order valence-electron chi connectivity index (χ0n) is 12.4. The lowest BCUT2D eigenvalue weighted by molar-refractivity contribution is 0.551. The van der Waals surface area contributed by atoms with Crippen molar-refractivity contribution in [2.24, 2.45) is 0 Å². The van der Waals surface area contributed by atoms with Crippen molar-refractivity contribution in [2.45, 2.75) is 19.5 Å². The van der Waals surface area contributed by atoms with Crippen molar-refractivity contribution in [1.82, 2.24) is 5.32 Å². The van der Waals surface area contributed by atoms with E-state index < -0.39 is 9.84 Å². The van der Waals surface area contributed by atoms with Gasteiger partial charge in [0.05, 0.1) is 5.75 Å². The Kier molecular flexibility index (Phi) is 5.15. The zero-order valence-corrected chi connectivity index (χ0v) is 13.2. The van der Waals surface area contributed by atoms with Crippen LogP contribution in [0.5, 0.6) is 0 Å².